The predicted octanol–water partition coefficient (Wildman–Crippen LogP) is 12.6. The van der Waals surface area contributed by atoms with E-state index >= 15 is 0 Å². The highest BCUT2D eigenvalue weighted by molar-refractivity contribution is 6.16. The number of hydrogen-bond acceptors (Lipinski definition) is 5. The van der Waals surface area contributed by atoms with Gasteiger partial charge in [0.2, 0.25) is 0 Å². The molecule has 8 aromatic carbocycles. The Balaban J connectivity index is 1.24. The summed E-state index contributed by atoms with van der Waals surface area (Å²) in [6.07, 6.45) is 0. The molecule has 0 radical (unpaired) electrons. The van der Waals surface area contributed by atoms with Crippen molar-refractivity contribution in [3.63, 3.8) is 0 Å². The van der Waals surface area contributed by atoms with Crippen LogP contribution in [0.1, 0.15) is 0 Å². The molecule has 0 aliphatic carbocycles. The van der Waals surface area contributed by atoms with E-state index in [2.05, 4.69) is 97.1 Å². The van der Waals surface area contributed by atoms with E-state index in [0.717, 1.165) is 87.9 Å². The van der Waals surface area contributed by atoms with E-state index < -0.39 is 0 Å². The minimum absolute atomic E-state index is 0.566. The third-order valence-corrected chi connectivity index (χ3v) is 10.1. The van der Waals surface area contributed by atoms with Crippen LogP contribution in [0.25, 0.3) is 111 Å². The summed E-state index contributed by atoms with van der Waals surface area (Å²) in [4.78, 5) is 15.7. The van der Waals surface area contributed by atoms with Gasteiger partial charge >= 0.3 is 0 Å². The minimum atomic E-state index is 0.566. The van der Waals surface area contributed by atoms with Gasteiger partial charge in [0.15, 0.2) is 17.5 Å². The van der Waals surface area contributed by atoms with E-state index in [4.69, 9.17) is 23.8 Å². The normalized spacial score (nSPS) is 11.8. The van der Waals surface area contributed by atoms with Gasteiger partial charge in [0.05, 0.1) is 0 Å². The second-order valence-electron chi connectivity index (χ2n) is 13.1. The van der Waals surface area contributed by atoms with Crippen LogP contribution in [0.5, 0.6) is 0 Å². The highest BCUT2D eigenvalue weighted by atomic mass is 16.3. The number of para-hydroxylation sites is 3. The van der Waals surface area contributed by atoms with Gasteiger partial charge in [-0.3, -0.25) is 0 Å². The van der Waals surface area contributed by atoms with E-state index in [1.54, 1.807) is 0 Å². The Morgan fingerprint density at radius 1 is 0.327 bits per heavy atom. The molecule has 0 bridgehead atoms. The smallest absolute Gasteiger partial charge is 0.164 e. The fourth-order valence-electron chi connectivity index (χ4n) is 7.73. The second kappa shape index (κ2) is 11.2. The Morgan fingerprint density at radius 2 is 0.942 bits per heavy atom. The van der Waals surface area contributed by atoms with Gasteiger partial charge in [0, 0.05) is 43.8 Å². The van der Waals surface area contributed by atoms with Gasteiger partial charge in [-0.15, -0.1) is 0 Å². The summed E-state index contributed by atoms with van der Waals surface area (Å²) >= 11 is 0. The van der Waals surface area contributed by atoms with Gasteiger partial charge in [-0.1, -0.05) is 133 Å². The Morgan fingerprint density at radius 3 is 1.77 bits per heavy atom. The van der Waals surface area contributed by atoms with Crippen LogP contribution in [0.3, 0.4) is 0 Å². The summed E-state index contributed by atoms with van der Waals surface area (Å²) < 4.78 is 13.1. The molecule has 0 fully saturated rings. The summed E-state index contributed by atoms with van der Waals surface area (Å²) in [5.74, 6) is 1.77. The van der Waals surface area contributed by atoms with Crippen LogP contribution in [-0.4, -0.2) is 15.0 Å². The van der Waals surface area contributed by atoms with E-state index in [0.29, 0.717) is 17.5 Å². The number of fused-ring (bicyclic) bond motifs is 9. The summed E-state index contributed by atoms with van der Waals surface area (Å²) in [5.41, 5.74) is 7.87. The molecule has 3 aromatic heterocycles. The molecule has 5 nitrogen and oxygen atoms in total. The third kappa shape index (κ3) is 4.39. The molecule has 5 heteroatoms. The lowest BCUT2D eigenvalue weighted by Crippen LogP contribution is -2.01. The van der Waals surface area contributed by atoms with Crippen molar-refractivity contribution in [3.05, 3.63) is 164 Å². The summed E-state index contributed by atoms with van der Waals surface area (Å²) in [7, 11) is 0. The van der Waals surface area contributed by atoms with Gasteiger partial charge in [0.1, 0.15) is 22.3 Å². The molecule has 3 heterocycles. The number of nitrogens with zero attached hydrogens (tertiary/aromatic N) is 3. The van der Waals surface area contributed by atoms with Gasteiger partial charge in [-0.2, -0.15) is 0 Å². The molecule has 242 valence electrons. The van der Waals surface area contributed by atoms with Gasteiger partial charge in [-0.25, -0.2) is 15.0 Å². The van der Waals surface area contributed by atoms with Crippen molar-refractivity contribution in [2.24, 2.45) is 0 Å². The quantitative estimate of drug-likeness (QED) is 0.175. The topological polar surface area (TPSA) is 65.0 Å². The van der Waals surface area contributed by atoms with Gasteiger partial charge < -0.3 is 8.83 Å². The fraction of sp³-hybridized carbons (Fsp3) is 0. The van der Waals surface area contributed by atoms with Gasteiger partial charge in [0.25, 0.3) is 0 Å². The van der Waals surface area contributed by atoms with Crippen LogP contribution in [0.15, 0.2) is 173 Å². The maximum Gasteiger partial charge on any atom is 0.164 e. The lowest BCUT2D eigenvalue weighted by atomic mass is 9.96. The van der Waals surface area contributed by atoms with Crippen molar-refractivity contribution < 1.29 is 8.83 Å². The zero-order chi connectivity index (χ0) is 34.2. The van der Waals surface area contributed by atoms with Crippen LogP contribution in [0.4, 0.5) is 0 Å². The SMILES string of the molecule is c1ccc(-c2nc(-c3cc4ccccc4c4ccccc34)nc(-c3cc(-c4cccc5c4oc4ccccc45)cc4oc5ccccc5c34)n2)cc1. The van der Waals surface area contributed by atoms with Crippen LogP contribution < -0.4 is 0 Å². The van der Waals surface area contributed by atoms with Crippen LogP contribution in [0, 0.1) is 0 Å². The monoisotopic (exact) mass is 665 g/mol. The molecule has 0 saturated heterocycles. The predicted molar refractivity (Wildman–Crippen MR) is 211 cm³/mol. The van der Waals surface area contributed by atoms with E-state index in [-0.39, 0.29) is 0 Å². The van der Waals surface area contributed by atoms with Crippen molar-refractivity contribution >= 4 is 65.4 Å². The minimum Gasteiger partial charge on any atom is -0.456 e. The molecule has 0 N–H and O–H groups in total. The highest BCUT2D eigenvalue weighted by Crippen LogP contribution is 2.43. The largest absolute Gasteiger partial charge is 0.456 e. The van der Waals surface area contributed by atoms with E-state index in [1.165, 1.54) is 5.39 Å². The molecule has 0 amide bonds. The molecule has 0 aliphatic heterocycles. The summed E-state index contributed by atoms with van der Waals surface area (Å²) in [6.45, 7) is 0. The highest BCUT2D eigenvalue weighted by Gasteiger charge is 2.22. The average Bonchev–Trinajstić information content (AvgIpc) is 3.79. The average molecular weight is 666 g/mol. The van der Waals surface area contributed by atoms with Crippen molar-refractivity contribution in [2.75, 3.05) is 0 Å². The Hall–Kier alpha value is -7.11. The molecule has 0 unspecified atom stereocenters. The van der Waals surface area contributed by atoms with Crippen LogP contribution >= 0.6 is 0 Å². The third-order valence-electron chi connectivity index (χ3n) is 10.1. The standard InChI is InChI=1S/C47H27N3O2/c1-2-13-28(14-3-1)45-48-46(38-25-29-15-4-5-16-31(29)33-17-6-7-18-34(33)38)50-47(49-45)39-26-30(27-42-43(39)37-20-9-11-24-41(37)51-42)32-21-12-22-36-35-19-8-10-23-40(35)52-44(32)36/h1-27H. The molecule has 0 spiro atoms. The molecule has 11 rings (SSSR count). The Labute approximate surface area is 297 Å². The van der Waals surface area contributed by atoms with Crippen molar-refractivity contribution in [1.82, 2.24) is 15.0 Å². The molecule has 0 atom stereocenters. The molecular formula is C47H27N3O2. The summed E-state index contributed by atoms with van der Waals surface area (Å²) in [6, 6.07) is 56.2. The zero-order valence-electron chi connectivity index (χ0n) is 27.7. The second-order valence-corrected chi connectivity index (χ2v) is 13.1. The Kier molecular flexibility index (Phi) is 6.18. The molecule has 0 saturated carbocycles. The number of aromatic nitrogens is 3. The molecule has 11 aromatic rings. The van der Waals surface area contributed by atoms with Crippen molar-refractivity contribution in [2.45, 2.75) is 0 Å². The first-order valence-electron chi connectivity index (χ1n) is 17.4. The number of rotatable bonds is 4. The first-order valence-corrected chi connectivity index (χ1v) is 17.4. The first kappa shape index (κ1) is 28.7. The lowest BCUT2D eigenvalue weighted by molar-refractivity contribution is 0.668. The summed E-state index contributed by atoms with van der Waals surface area (Å²) in [5, 5.41) is 8.67. The maximum atomic E-state index is 6.58. The van der Waals surface area contributed by atoms with Gasteiger partial charge in [-0.05, 0) is 57.4 Å². The number of benzene rings is 8. The first-order chi connectivity index (χ1) is 25.8. The number of furan rings is 2. The van der Waals surface area contributed by atoms with E-state index in [1.807, 2.05) is 66.7 Å². The molecule has 52 heavy (non-hydrogen) atoms. The fourth-order valence-corrected chi connectivity index (χ4v) is 7.73. The zero-order valence-corrected chi connectivity index (χ0v) is 27.7. The van der Waals surface area contributed by atoms with Crippen molar-refractivity contribution in [1.29, 1.82) is 0 Å². The molecular weight excluding hydrogens is 639 g/mol. The maximum absolute atomic E-state index is 6.58. The van der Waals surface area contributed by atoms with E-state index in [9.17, 15) is 0 Å². The number of hydrogen-bond donors (Lipinski definition) is 0. The lowest BCUT2D eigenvalue weighted by Gasteiger charge is -2.13. The Bertz CT molecular complexity index is 3190. The van der Waals surface area contributed by atoms with Crippen molar-refractivity contribution in [3.8, 4) is 45.3 Å². The van der Waals surface area contributed by atoms with Crippen LogP contribution in [-0.2, 0) is 0 Å². The van der Waals surface area contributed by atoms with Crippen LogP contribution in [0.2, 0.25) is 0 Å². The molecule has 0 aliphatic rings.